The van der Waals surface area contributed by atoms with Crippen LogP contribution < -0.4 is 0 Å². The van der Waals surface area contributed by atoms with Crippen LogP contribution in [0.1, 0.15) is 16.7 Å². The molecule has 1 aromatic heterocycles. The predicted octanol–water partition coefficient (Wildman–Crippen LogP) is 3.50. The Morgan fingerprint density at radius 2 is 2.14 bits per heavy atom. The van der Waals surface area contributed by atoms with Crippen LogP contribution in [0.3, 0.4) is 0 Å². The van der Waals surface area contributed by atoms with E-state index in [1.165, 1.54) is 0 Å². The van der Waals surface area contributed by atoms with Crippen LogP contribution in [0.4, 0.5) is 0 Å². The third-order valence-electron chi connectivity index (χ3n) is 3.01. The molecule has 0 saturated carbocycles. The van der Waals surface area contributed by atoms with Gasteiger partial charge in [-0.1, -0.05) is 22.0 Å². The van der Waals surface area contributed by atoms with Gasteiger partial charge in [-0.2, -0.15) is 0 Å². The second-order valence-corrected chi connectivity index (χ2v) is 5.44. The van der Waals surface area contributed by atoms with Crippen LogP contribution >= 0.6 is 15.9 Å². The number of ether oxygens (including phenoxy) is 1. The molecule has 2 heterocycles. The molecule has 0 aliphatic carbocycles. The van der Waals surface area contributed by atoms with Crippen molar-refractivity contribution < 1.29 is 9.53 Å². The van der Waals surface area contributed by atoms with Gasteiger partial charge in [0.2, 0.25) is 5.90 Å². The zero-order valence-corrected chi connectivity index (χ0v) is 12.8. The molecule has 104 valence electrons. The fourth-order valence-corrected chi connectivity index (χ4v) is 2.18. The highest BCUT2D eigenvalue weighted by Gasteiger charge is 2.24. The topological polar surface area (TPSA) is 51.5 Å². The smallest absolute Gasteiger partial charge is 0.363 e. The summed E-state index contributed by atoms with van der Waals surface area (Å²) >= 11 is 3.44. The number of aromatic nitrogens is 1. The van der Waals surface area contributed by atoms with Crippen LogP contribution in [0.15, 0.2) is 57.9 Å². The summed E-state index contributed by atoms with van der Waals surface area (Å²) in [5.41, 5.74) is 2.91. The van der Waals surface area contributed by atoms with E-state index < -0.39 is 5.97 Å². The number of esters is 1. The minimum absolute atomic E-state index is 0.276. The molecule has 2 aromatic rings. The maximum atomic E-state index is 11.9. The Labute approximate surface area is 130 Å². The van der Waals surface area contributed by atoms with E-state index in [0.717, 1.165) is 21.2 Å². The third-order valence-corrected chi connectivity index (χ3v) is 3.90. The van der Waals surface area contributed by atoms with Crippen molar-refractivity contribution in [2.24, 2.45) is 4.99 Å². The van der Waals surface area contributed by atoms with Crippen molar-refractivity contribution in [3.05, 3.63) is 69.6 Å². The molecule has 3 rings (SSSR count). The minimum atomic E-state index is -0.450. The lowest BCUT2D eigenvalue weighted by molar-refractivity contribution is -0.129. The average molecular weight is 343 g/mol. The molecule has 4 nitrogen and oxygen atoms in total. The lowest BCUT2D eigenvalue weighted by atomic mass is 10.1. The predicted molar refractivity (Wildman–Crippen MR) is 83.7 cm³/mol. The van der Waals surface area contributed by atoms with Gasteiger partial charge in [0, 0.05) is 22.4 Å². The number of benzene rings is 1. The second kappa shape index (κ2) is 5.61. The van der Waals surface area contributed by atoms with Crippen molar-refractivity contribution in [3.8, 4) is 0 Å². The Balaban J connectivity index is 1.95. The van der Waals surface area contributed by atoms with Gasteiger partial charge in [0.05, 0.1) is 0 Å². The first-order chi connectivity index (χ1) is 10.1. The van der Waals surface area contributed by atoms with E-state index in [2.05, 4.69) is 25.9 Å². The molecule has 0 unspecified atom stereocenters. The number of nitrogens with zero attached hydrogens (tertiary/aromatic N) is 2. The quantitative estimate of drug-likeness (QED) is 0.620. The molecular weight excluding hydrogens is 332 g/mol. The Morgan fingerprint density at radius 3 is 2.86 bits per heavy atom. The fraction of sp³-hybridized carbons (Fsp3) is 0.0625. The van der Waals surface area contributed by atoms with Gasteiger partial charge in [0.15, 0.2) is 5.70 Å². The van der Waals surface area contributed by atoms with Gasteiger partial charge in [-0.25, -0.2) is 9.79 Å². The Morgan fingerprint density at radius 1 is 1.29 bits per heavy atom. The molecule has 0 fully saturated rings. The Bertz CT molecular complexity index is 767. The summed E-state index contributed by atoms with van der Waals surface area (Å²) in [6.45, 7) is 1.97. The first kappa shape index (κ1) is 13.7. The first-order valence-corrected chi connectivity index (χ1v) is 7.12. The van der Waals surface area contributed by atoms with E-state index >= 15 is 0 Å². The van der Waals surface area contributed by atoms with Crippen LogP contribution in [0.25, 0.3) is 6.08 Å². The number of hydrogen-bond donors (Lipinski definition) is 0. The van der Waals surface area contributed by atoms with E-state index in [1.54, 1.807) is 24.5 Å². The highest BCUT2D eigenvalue weighted by molar-refractivity contribution is 9.10. The van der Waals surface area contributed by atoms with Gasteiger partial charge in [0.1, 0.15) is 0 Å². The molecular formula is C16H11BrN2O2. The molecule has 0 saturated heterocycles. The summed E-state index contributed by atoms with van der Waals surface area (Å²) in [6, 6.07) is 9.34. The van der Waals surface area contributed by atoms with E-state index in [0.29, 0.717) is 5.90 Å². The number of carbonyl (C=O) groups excluding carboxylic acids is 1. The number of hydrogen-bond acceptors (Lipinski definition) is 4. The molecule has 0 spiro atoms. The number of halogens is 1. The molecule has 21 heavy (non-hydrogen) atoms. The molecule has 5 heteroatoms. The van der Waals surface area contributed by atoms with Gasteiger partial charge in [-0.15, -0.1) is 0 Å². The van der Waals surface area contributed by atoms with Gasteiger partial charge in [-0.3, -0.25) is 4.98 Å². The van der Waals surface area contributed by atoms with Crippen LogP contribution in [-0.2, 0) is 9.53 Å². The second-order valence-electron chi connectivity index (χ2n) is 4.59. The van der Waals surface area contributed by atoms with Gasteiger partial charge in [0.25, 0.3) is 0 Å². The van der Waals surface area contributed by atoms with E-state index in [1.807, 2.05) is 31.2 Å². The van der Waals surface area contributed by atoms with Crippen molar-refractivity contribution in [2.75, 3.05) is 0 Å². The summed E-state index contributed by atoms with van der Waals surface area (Å²) in [7, 11) is 0. The lowest BCUT2D eigenvalue weighted by Crippen LogP contribution is -2.05. The molecule has 0 radical (unpaired) electrons. The van der Waals surface area contributed by atoms with Crippen LogP contribution in [0, 0.1) is 6.92 Å². The fourth-order valence-electron chi connectivity index (χ4n) is 1.93. The standard InChI is InChI=1S/C16H11BrN2O2/c1-10-7-12(4-5-13(10)17)15-19-14(16(20)21-15)8-11-3-2-6-18-9-11/h2-9H,1H3. The number of aliphatic imine (C=N–C) groups is 1. The van der Waals surface area contributed by atoms with Crippen LogP contribution in [-0.4, -0.2) is 16.9 Å². The summed E-state index contributed by atoms with van der Waals surface area (Å²) in [5.74, 6) is -0.125. The zero-order chi connectivity index (χ0) is 14.8. The molecule has 0 amide bonds. The lowest BCUT2D eigenvalue weighted by Gasteiger charge is -2.02. The average Bonchev–Trinajstić information content (AvgIpc) is 2.84. The largest absolute Gasteiger partial charge is 0.402 e. The maximum absolute atomic E-state index is 11.9. The van der Waals surface area contributed by atoms with Gasteiger partial charge in [-0.05, 0) is 48.4 Å². The Hall–Kier alpha value is -2.27. The van der Waals surface area contributed by atoms with E-state index in [9.17, 15) is 4.79 Å². The molecule has 0 bridgehead atoms. The normalized spacial score (nSPS) is 16.0. The van der Waals surface area contributed by atoms with Gasteiger partial charge < -0.3 is 4.74 Å². The Kier molecular flexibility index (Phi) is 3.66. The molecule has 0 N–H and O–H groups in total. The van der Waals surface area contributed by atoms with E-state index in [4.69, 9.17) is 4.74 Å². The molecule has 0 atom stereocenters. The summed E-state index contributed by atoms with van der Waals surface area (Å²) in [4.78, 5) is 20.1. The van der Waals surface area contributed by atoms with Crippen molar-refractivity contribution >= 4 is 33.9 Å². The number of carbonyl (C=O) groups is 1. The van der Waals surface area contributed by atoms with Crippen LogP contribution in [0.5, 0.6) is 0 Å². The summed E-state index contributed by atoms with van der Waals surface area (Å²) in [6.07, 6.45) is 5.00. The SMILES string of the molecule is Cc1cc(C2=NC(=Cc3cccnc3)C(=O)O2)ccc1Br. The molecule has 1 aliphatic rings. The highest BCUT2D eigenvalue weighted by Crippen LogP contribution is 2.22. The summed E-state index contributed by atoms with van der Waals surface area (Å²) in [5, 5.41) is 0. The van der Waals surface area contributed by atoms with Crippen molar-refractivity contribution in [3.63, 3.8) is 0 Å². The monoisotopic (exact) mass is 342 g/mol. The number of pyridine rings is 1. The zero-order valence-electron chi connectivity index (χ0n) is 11.2. The molecule has 1 aliphatic heterocycles. The van der Waals surface area contributed by atoms with Crippen molar-refractivity contribution in [1.29, 1.82) is 0 Å². The number of rotatable bonds is 2. The summed E-state index contributed by atoms with van der Waals surface area (Å²) < 4.78 is 6.24. The van der Waals surface area contributed by atoms with E-state index in [-0.39, 0.29) is 5.70 Å². The highest BCUT2D eigenvalue weighted by atomic mass is 79.9. The third kappa shape index (κ3) is 2.92. The minimum Gasteiger partial charge on any atom is -0.402 e. The van der Waals surface area contributed by atoms with Crippen molar-refractivity contribution in [1.82, 2.24) is 4.98 Å². The van der Waals surface area contributed by atoms with Crippen molar-refractivity contribution in [2.45, 2.75) is 6.92 Å². The first-order valence-electron chi connectivity index (χ1n) is 6.32. The number of cyclic esters (lactones) is 1. The van der Waals surface area contributed by atoms with Gasteiger partial charge >= 0.3 is 5.97 Å². The molecule has 1 aromatic carbocycles. The number of aryl methyl sites for hydroxylation is 1. The maximum Gasteiger partial charge on any atom is 0.363 e. The van der Waals surface area contributed by atoms with Crippen LogP contribution in [0.2, 0.25) is 0 Å².